The third-order valence-electron chi connectivity index (χ3n) is 3.63. The molecule has 3 amide bonds. The molecule has 0 spiro atoms. The molecule has 1 aromatic carbocycles. The fourth-order valence-corrected chi connectivity index (χ4v) is 2.21. The van der Waals surface area contributed by atoms with Crippen LogP contribution in [0.15, 0.2) is 24.3 Å². The molecule has 0 fully saturated rings. The Balaban J connectivity index is 2.13. The monoisotopic (exact) mass is 392 g/mol. The van der Waals surface area contributed by atoms with E-state index in [4.69, 9.17) is 4.74 Å². The van der Waals surface area contributed by atoms with E-state index in [0.29, 0.717) is 25.1 Å². The molecular weight excluding hydrogens is 360 g/mol. The van der Waals surface area contributed by atoms with Crippen molar-refractivity contribution in [3.05, 3.63) is 29.8 Å². The predicted molar refractivity (Wildman–Crippen MR) is 110 cm³/mol. The van der Waals surface area contributed by atoms with Crippen molar-refractivity contribution in [1.29, 1.82) is 0 Å². The van der Waals surface area contributed by atoms with Gasteiger partial charge in [0.05, 0.1) is 0 Å². The van der Waals surface area contributed by atoms with Crippen LogP contribution in [0.3, 0.4) is 0 Å². The summed E-state index contributed by atoms with van der Waals surface area (Å²) in [5.41, 5.74) is 1.06. The van der Waals surface area contributed by atoms with Gasteiger partial charge in [-0.1, -0.05) is 0 Å². The maximum atomic E-state index is 12.1. The molecule has 3 N–H and O–H groups in total. The van der Waals surface area contributed by atoms with Crippen molar-refractivity contribution in [2.75, 3.05) is 38.6 Å². The van der Waals surface area contributed by atoms with E-state index in [2.05, 4.69) is 16.0 Å². The largest absolute Gasteiger partial charge is 0.444 e. The highest BCUT2D eigenvalue weighted by Crippen LogP contribution is 2.12. The van der Waals surface area contributed by atoms with Crippen LogP contribution in [0.1, 0.15) is 44.0 Å². The first kappa shape index (κ1) is 23.3. The van der Waals surface area contributed by atoms with Crippen LogP contribution in [-0.2, 0) is 9.53 Å². The number of benzene rings is 1. The molecular formula is C20H32N4O4. The van der Waals surface area contributed by atoms with Crippen molar-refractivity contribution >= 4 is 23.6 Å². The Labute approximate surface area is 167 Å². The topological polar surface area (TPSA) is 99.8 Å². The normalized spacial score (nSPS) is 10.8. The minimum atomic E-state index is -0.564. The summed E-state index contributed by atoms with van der Waals surface area (Å²) in [5, 5.41) is 8.11. The van der Waals surface area contributed by atoms with E-state index in [0.717, 1.165) is 5.69 Å². The van der Waals surface area contributed by atoms with Gasteiger partial charge in [-0.05, 0) is 51.5 Å². The Bertz CT molecular complexity index is 651. The lowest BCUT2D eigenvalue weighted by molar-refractivity contribution is -0.120. The first-order valence-electron chi connectivity index (χ1n) is 9.37. The lowest BCUT2D eigenvalue weighted by atomic mass is 10.2. The minimum Gasteiger partial charge on any atom is -0.444 e. The second-order valence-electron chi connectivity index (χ2n) is 7.58. The first-order valence-corrected chi connectivity index (χ1v) is 9.37. The average molecular weight is 393 g/mol. The van der Waals surface area contributed by atoms with Crippen LogP contribution < -0.4 is 20.9 Å². The predicted octanol–water partition coefficient (Wildman–Crippen LogP) is 1.90. The summed E-state index contributed by atoms with van der Waals surface area (Å²) >= 11 is 0. The summed E-state index contributed by atoms with van der Waals surface area (Å²) in [4.78, 5) is 37.2. The molecule has 1 rings (SSSR count). The molecule has 0 unspecified atom stereocenters. The van der Waals surface area contributed by atoms with Gasteiger partial charge in [0.25, 0.3) is 5.91 Å². The summed E-state index contributed by atoms with van der Waals surface area (Å²) in [6.45, 7) is 6.45. The Morgan fingerprint density at radius 2 is 1.54 bits per heavy atom. The number of hydrogen-bond acceptors (Lipinski definition) is 5. The molecule has 156 valence electrons. The molecule has 0 saturated carbocycles. The van der Waals surface area contributed by atoms with Crippen molar-refractivity contribution in [3.63, 3.8) is 0 Å². The van der Waals surface area contributed by atoms with Gasteiger partial charge in [-0.3, -0.25) is 9.59 Å². The van der Waals surface area contributed by atoms with Crippen molar-refractivity contribution in [3.8, 4) is 0 Å². The Morgan fingerprint density at radius 1 is 0.929 bits per heavy atom. The number of anilines is 1. The molecule has 8 nitrogen and oxygen atoms in total. The minimum absolute atomic E-state index is 0.141. The van der Waals surface area contributed by atoms with Crippen LogP contribution in [0.25, 0.3) is 0 Å². The van der Waals surface area contributed by atoms with Gasteiger partial charge in [0.2, 0.25) is 5.91 Å². The van der Waals surface area contributed by atoms with Gasteiger partial charge in [0.15, 0.2) is 0 Å². The zero-order valence-corrected chi connectivity index (χ0v) is 17.4. The average Bonchev–Trinajstić information content (AvgIpc) is 2.59. The van der Waals surface area contributed by atoms with Gasteiger partial charge >= 0.3 is 6.09 Å². The van der Waals surface area contributed by atoms with Crippen LogP contribution >= 0.6 is 0 Å². The lowest BCUT2D eigenvalue weighted by Crippen LogP contribution is -2.35. The van der Waals surface area contributed by atoms with Crippen molar-refractivity contribution < 1.29 is 19.1 Å². The van der Waals surface area contributed by atoms with E-state index in [9.17, 15) is 14.4 Å². The molecule has 0 aliphatic heterocycles. The van der Waals surface area contributed by atoms with Gasteiger partial charge in [0.1, 0.15) is 5.60 Å². The summed E-state index contributed by atoms with van der Waals surface area (Å²) in [7, 11) is 3.88. The van der Waals surface area contributed by atoms with E-state index in [1.54, 1.807) is 32.9 Å². The van der Waals surface area contributed by atoms with Crippen LogP contribution in [0, 0.1) is 0 Å². The Kier molecular flexibility index (Phi) is 9.27. The fraction of sp³-hybridized carbons (Fsp3) is 0.550. The maximum Gasteiger partial charge on any atom is 0.407 e. The SMILES string of the molecule is CN(C)c1ccc(C(=O)NCCCNC(=O)CCNC(=O)OC(C)(C)C)cc1. The van der Waals surface area contributed by atoms with E-state index in [-0.39, 0.29) is 24.8 Å². The third-order valence-corrected chi connectivity index (χ3v) is 3.63. The number of nitrogens with one attached hydrogen (secondary N) is 3. The molecule has 0 radical (unpaired) electrons. The quantitative estimate of drug-likeness (QED) is 0.558. The van der Waals surface area contributed by atoms with E-state index in [1.807, 2.05) is 31.1 Å². The van der Waals surface area contributed by atoms with Gasteiger partial charge in [-0.25, -0.2) is 4.79 Å². The Hall–Kier alpha value is -2.77. The van der Waals surface area contributed by atoms with Crippen molar-refractivity contribution in [2.45, 2.75) is 39.2 Å². The van der Waals surface area contributed by atoms with Gasteiger partial charge in [-0.15, -0.1) is 0 Å². The molecule has 28 heavy (non-hydrogen) atoms. The molecule has 0 atom stereocenters. The molecule has 0 saturated heterocycles. The number of carbonyl (C=O) groups excluding carboxylic acids is 3. The lowest BCUT2D eigenvalue weighted by Gasteiger charge is -2.19. The zero-order chi connectivity index (χ0) is 21.2. The second kappa shape index (κ2) is 11.2. The van der Waals surface area contributed by atoms with Gasteiger partial charge in [-0.2, -0.15) is 0 Å². The number of hydrogen-bond donors (Lipinski definition) is 3. The van der Waals surface area contributed by atoms with Crippen molar-refractivity contribution in [2.24, 2.45) is 0 Å². The fourth-order valence-electron chi connectivity index (χ4n) is 2.21. The maximum absolute atomic E-state index is 12.1. The second-order valence-corrected chi connectivity index (χ2v) is 7.58. The summed E-state index contributed by atoms with van der Waals surface area (Å²) in [6, 6.07) is 7.34. The highest BCUT2D eigenvalue weighted by atomic mass is 16.6. The highest BCUT2D eigenvalue weighted by Gasteiger charge is 2.15. The first-order chi connectivity index (χ1) is 13.1. The number of ether oxygens (including phenoxy) is 1. The van der Waals surface area contributed by atoms with Crippen LogP contribution in [0.4, 0.5) is 10.5 Å². The summed E-state index contributed by atoms with van der Waals surface area (Å²) in [6.07, 6.45) is 0.248. The number of rotatable bonds is 9. The van der Waals surface area contributed by atoms with E-state index >= 15 is 0 Å². The van der Waals surface area contributed by atoms with Gasteiger partial charge < -0.3 is 25.6 Å². The molecule has 0 aliphatic rings. The molecule has 8 heteroatoms. The zero-order valence-electron chi connectivity index (χ0n) is 17.4. The molecule has 0 aliphatic carbocycles. The Morgan fingerprint density at radius 3 is 2.11 bits per heavy atom. The highest BCUT2D eigenvalue weighted by molar-refractivity contribution is 5.94. The van der Waals surface area contributed by atoms with E-state index < -0.39 is 11.7 Å². The molecule has 0 aromatic heterocycles. The van der Waals surface area contributed by atoms with Crippen molar-refractivity contribution in [1.82, 2.24) is 16.0 Å². The third kappa shape index (κ3) is 9.80. The van der Waals surface area contributed by atoms with Crippen LogP contribution in [0.5, 0.6) is 0 Å². The summed E-state index contributed by atoms with van der Waals surface area (Å²) < 4.78 is 5.09. The molecule has 0 heterocycles. The van der Waals surface area contributed by atoms with Crippen LogP contribution in [-0.4, -0.2) is 57.2 Å². The summed E-state index contributed by atoms with van der Waals surface area (Å²) in [5.74, 6) is -0.306. The molecule has 0 bridgehead atoms. The van der Waals surface area contributed by atoms with Gasteiger partial charge in [0, 0.05) is 51.4 Å². The van der Waals surface area contributed by atoms with Crippen LogP contribution in [0.2, 0.25) is 0 Å². The smallest absolute Gasteiger partial charge is 0.407 e. The number of carbonyl (C=O) groups is 3. The number of amides is 3. The van der Waals surface area contributed by atoms with E-state index in [1.165, 1.54) is 0 Å². The standard InChI is InChI=1S/C20H32N4O4/c1-20(2,3)28-19(27)23-14-11-17(25)21-12-6-13-22-18(26)15-7-9-16(10-8-15)24(4)5/h7-10H,6,11-14H2,1-5H3,(H,21,25)(H,22,26)(H,23,27). The number of nitrogens with zero attached hydrogens (tertiary/aromatic N) is 1. The molecule has 1 aromatic rings. The number of alkyl carbamates (subject to hydrolysis) is 1.